The molecular weight excluding hydrogens is 316 g/mol. The molecule has 0 aromatic heterocycles. The van der Waals surface area contributed by atoms with Crippen molar-refractivity contribution in [3.05, 3.63) is 60.2 Å². The van der Waals surface area contributed by atoms with Crippen molar-refractivity contribution >= 4 is 20.5 Å². The monoisotopic (exact) mass is 328 g/mol. The number of hydrogen-bond acceptors (Lipinski definition) is 6. The van der Waals surface area contributed by atoms with Crippen LogP contribution in [0.1, 0.15) is 5.56 Å². The summed E-state index contributed by atoms with van der Waals surface area (Å²) in [5.41, 5.74) is 0.831. The molecule has 0 aliphatic heterocycles. The summed E-state index contributed by atoms with van der Waals surface area (Å²) in [7, 11) is -9.21. The van der Waals surface area contributed by atoms with E-state index < -0.39 is 20.5 Å². The molecule has 2 aromatic carbocycles. The maximum absolute atomic E-state index is 11.9. The Labute approximate surface area is 123 Å². The number of rotatable bonds is 5. The number of aryl methyl sites for hydroxylation is 1. The Balaban J connectivity index is 2.21. The molecule has 6 nitrogen and oxygen atoms in total. The fraction of sp³-hybridized carbons (Fsp3) is 0.0769. The van der Waals surface area contributed by atoms with E-state index in [2.05, 4.69) is 7.81 Å². The Morgan fingerprint density at radius 2 is 1.38 bits per heavy atom. The van der Waals surface area contributed by atoms with Gasteiger partial charge < -0.3 is 4.18 Å². The van der Waals surface area contributed by atoms with Crippen LogP contribution >= 0.6 is 0 Å². The van der Waals surface area contributed by atoms with Crippen molar-refractivity contribution in [3.8, 4) is 5.75 Å². The third-order valence-electron chi connectivity index (χ3n) is 2.42. The molecule has 0 amide bonds. The zero-order valence-electron chi connectivity index (χ0n) is 11.0. The first-order valence-corrected chi connectivity index (χ1v) is 8.55. The second-order valence-electron chi connectivity index (χ2n) is 4.14. The molecule has 0 N–H and O–H groups in total. The lowest BCUT2D eigenvalue weighted by atomic mass is 10.2. The number of benzene rings is 2. The van der Waals surface area contributed by atoms with Crippen molar-refractivity contribution in [3.63, 3.8) is 0 Å². The highest BCUT2D eigenvalue weighted by Crippen LogP contribution is 2.18. The zero-order chi connectivity index (χ0) is 15.5. The van der Waals surface area contributed by atoms with E-state index in [4.69, 9.17) is 0 Å². The standard InChI is InChI=1S/C13H12O6S2/c1-11-7-9-13(10-8-11)20(14,15)19-21(16,17)18-12-5-3-2-4-6-12/h2-10H,1H3. The summed E-state index contributed by atoms with van der Waals surface area (Å²) in [6.07, 6.45) is 0. The molecule has 21 heavy (non-hydrogen) atoms. The van der Waals surface area contributed by atoms with Crippen LogP contribution in [-0.4, -0.2) is 16.8 Å². The molecule has 0 aliphatic carbocycles. The molecule has 0 saturated heterocycles. The maximum Gasteiger partial charge on any atom is 0.464 e. The van der Waals surface area contributed by atoms with Crippen molar-refractivity contribution in [2.45, 2.75) is 11.8 Å². The third-order valence-corrected chi connectivity index (χ3v) is 5.05. The predicted molar refractivity (Wildman–Crippen MR) is 75.4 cm³/mol. The Hall–Kier alpha value is -1.90. The van der Waals surface area contributed by atoms with Crippen LogP contribution in [0.4, 0.5) is 0 Å². The normalized spacial score (nSPS) is 12.0. The van der Waals surface area contributed by atoms with Crippen LogP contribution in [-0.2, 0) is 24.1 Å². The molecule has 2 aromatic rings. The zero-order valence-corrected chi connectivity index (χ0v) is 12.6. The van der Waals surface area contributed by atoms with Gasteiger partial charge in [-0.2, -0.15) is 16.8 Å². The largest absolute Gasteiger partial charge is 0.464 e. The van der Waals surface area contributed by atoms with Crippen molar-refractivity contribution in [2.75, 3.05) is 0 Å². The van der Waals surface area contributed by atoms with E-state index in [0.717, 1.165) is 5.56 Å². The van der Waals surface area contributed by atoms with Crippen molar-refractivity contribution in [2.24, 2.45) is 0 Å². The van der Waals surface area contributed by atoms with Crippen LogP contribution in [0.2, 0.25) is 0 Å². The van der Waals surface area contributed by atoms with Crippen LogP contribution in [0.25, 0.3) is 0 Å². The second-order valence-corrected chi connectivity index (χ2v) is 7.05. The highest BCUT2D eigenvalue weighted by Gasteiger charge is 2.26. The summed E-state index contributed by atoms with van der Waals surface area (Å²) < 4.78 is 55.7. The first kappa shape index (κ1) is 15.5. The fourth-order valence-electron chi connectivity index (χ4n) is 1.46. The molecule has 112 valence electrons. The second kappa shape index (κ2) is 5.84. The minimum Gasteiger partial charge on any atom is -0.361 e. The van der Waals surface area contributed by atoms with Crippen LogP contribution in [0.15, 0.2) is 59.5 Å². The summed E-state index contributed by atoms with van der Waals surface area (Å²) in [6, 6.07) is 13.0. The van der Waals surface area contributed by atoms with E-state index >= 15 is 0 Å². The summed E-state index contributed by atoms with van der Waals surface area (Å²) in [6.45, 7) is 1.77. The van der Waals surface area contributed by atoms with E-state index in [-0.39, 0.29) is 10.6 Å². The van der Waals surface area contributed by atoms with Gasteiger partial charge in [0.15, 0.2) is 0 Å². The molecule has 0 radical (unpaired) electrons. The predicted octanol–water partition coefficient (Wildman–Crippen LogP) is 2.02. The number of hydrogen-bond donors (Lipinski definition) is 0. The van der Waals surface area contributed by atoms with Crippen LogP contribution in [0.3, 0.4) is 0 Å². The van der Waals surface area contributed by atoms with Gasteiger partial charge >= 0.3 is 20.5 Å². The Kier molecular flexibility index (Phi) is 4.31. The van der Waals surface area contributed by atoms with Gasteiger partial charge in [0.1, 0.15) is 5.75 Å². The molecule has 0 atom stereocenters. The molecule has 0 fully saturated rings. The van der Waals surface area contributed by atoms with E-state index in [1.807, 2.05) is 0 Å². The Morgan fingerprint density at radius 3 is 1.95 bits per heavy atom. The summed E-state index contributed by atoms with van der Waals surface area (Å²) in [4.78, 5) is -0.270. The lowest BCUT2D eigenvalue weighted by Crippen LogP contribution is -2.18. The average Bonchev–Trinajstić information content (AvgIpc) is 2.38. The lowest BCUT2D eigenvalue weighted by molar-refractivity contribution is 0.389. The van der Waals surface area contributed by atoms with Crippen molar-refractivity contribution < 1.29 is 24.6 Å². The highest BCUT2D eigenvalue weighted by molar-refractivity contribution is 7.98. The van der Waals surface area contributed by atoms with Gasteiger partial charge in [-0.25, -0.2) is 0 Å². The SMILES string of the molecule is Cc1ccc(S(=O)(=O)OS(=O)(=O)Oc2ccccc2)cc1. The van der Waals surface area contributed by atoms with Crippen LogP contribution in [0.5, 0.6) is 5.75 Å². The average molecular weight is 328 g/mol. The maximum atomic E-state index is 11.9. The molecular formula is C13H12O6S2. The van der Waals surface area contributed by atoms with Gasteiger partial charge in [0.05, 0.1) is 4.90 Å². The van der Waals surface area contributed by atoms with Gasteiger partial charge in [-0.05, 0) is 31.2 Å². The topological polar surface area (TPSA) is 86.7 Å². The fourth-order valence-corrected chi connectivity index (χ4v) is 3.58. The summed E-state index contributed by atoms with van der Waals surface area (Å²) in [5.74, 6) is -0.0448. The van der Waals surface area contributed by atoms with Gasteiger partial charge in [0.25, 0.3) is 0 Å². The van der Waals surface area contributed by atoms with Crippen LogP contribution in [0, 0.1) is 6.92 Å². The quantitative estimate of drug-likeness (QED) is 0.834. The lowest BCUT2D eigenvalue weighted by Gasteiger charge is -2.07. The van der Waals surface area contributed by atoms with E-state index in [9.17, 15) is 16.8 Å². The molecule has 0 bridgehead atoms. The molecule has 0 spiro atoms. The molecule has 0 saturated carbocycles. The van der Waals surface area contributed by atoms with Crippen LogP contribution < -0.4 is 4.18 Å². The minimum absolute atomic E-state index is 0.0448. The molecule has 8 heteroatoms. The first-order valence-electron chi connectivity index (χ1n) is 5.81. The molecule has 0 aliphatic rings. The highest BCUT2D eigenvalue weighted by atomic mass is 32.3. The Bertz CT molecular complexity index is 809. The third kappa shape index (κ3) is 4.28. The van der Waals surface area contributed by atoms with E-state index in [0.29, 0.717) is 0 Å². The van der Waals surface area contributed by atoms with E-state index in [1.54, 1.807) is 25.1 Å². The molecule has 0 unspecified atom stereocenters. The van der Waals surface area contributed by atoms with Gasteiger partial charge in [-0.1, -0.05) is 35.9 Å². The van der Waals surface area contributed by atoms with E-state index in [1.165, 1.54) is 36.4 Å². The van der Waals surface area contributed by atoms with Gasteiger partial charge in [0.2, 0.25) is 0 Å². The summed E-state index contributed by atoms with van der Waals surface area (Å²) >= 11 is 0. The van der Waals surface area contributed by atoms with Gasteiger partial charge in [0, 0.05) is 0 Å². The first-order chi connectivity index (χ1) is 9.78. The Morgan fingerprint density at radius 1 is 0.810 bits per heavy atom. The minimum atomic E-state index is -4.74. The molecule has 0 heterocycles. The summed E-state index contributed by atoms with van der Waals surface area (Å²) in [5, 5.41) is 0. The number of para-hydroxylation sites is 1. The smallest absolute Gasteiger partial charge is 0.361 e. The molecule has 2 rings (SSSR count). The van der Waals surface area contributed by atoms with Gasteiger partial charge in [-0.15, -0.1) is 3.63 Å². The van der Waals surface area contributed by atoms with Crippen molar-refractivity contribution in [1.29, 1.82) is 0 Å². The van der Waals surface area contributed by atoms with Crippen molar-refractivity contribution in [1.82, 2.24) is 0 Å². The van der Waals surface area contributed by atoms with Gasteiger partial charge in [-0.3, -0.25) is 0 Å².